The lowest BCUT2D eigenvalue weighted by Crippen LogP contribution is -2.46. The van der Waals surface area contributed by atoms with Crippen molar-refractivity contribution in [1.82, 2.24) is 0 Å². The number of hydrogen-bond donors (Lipinski definition) is 4. The zero-order chi connectivity index (χ0) is 36.4. The van der Waals surface area contributed by atoms with Crippen LogP contribution in [-0.4, -0.2) is 52.7 Å². The van der Waals surface area contributed by atoms with Crippen LogP contribution in [0.4, 0.5) is 0 Å². The van der Waals surface area contributed by atoms with Crippen molar-refractivity contribution in [3.63, 3.8) is 0 Å². The number of aliphatic hydroxyl groups excluding tert-OH is 3. The molecule has 8 heteroatoms. The molecule has 4 unspecified atom stereocenters. The van der Waals surface area contributed by atoms with Crippen LogP contribution in [0.3, 0.4) is 0 Å². The molecule has 2 aliphatic carbocycles. The van der Waals surface area contributed by atoms with Crippen molar-refractivity contribution in [3.8, 4) is 0 Å². The maximum absolute atomic E-state index is 11.2. The van der Waals surface area contributed by atoms with Gasteiger partial charge in [0.15, 0.2) is 0 Å². The lowest BCUT2D eigenvalue weighted by Gasteiger charge is -2.41. The van der Waals surface area contributed by atoms with Crippen molar-refractivity contribution in [2.75, 3.05) is 0 Å². The van der Waals surface area contributed by atoms with Gasteiger partial charge in [-0.05, 0) is 65.5 Å². The van der Waals surface area contributed by atoms with E-state index in [0.717, 1.165) is 44.6 Å². The molecule has 0 fully saturated rings. The summed E-state index contributed by atoms with van der Waals surface area (Å²) in [6.45, 7) is 19.6. The van der Waals surface area contributed by atoms with Crippen LogP contribution in [0.2, 0.25) is 0 Å². The first-order valence-corrected chi connectivity index (χ1v) is 17.7. The van der Waals surface area contributed by atoms with Crippen LogP contribution in [0.5, 0.6) is 0 Å². The summed E-state index contributed by atoms with van der Waals surface area (Å²) < 4.78 is 36.2. The Kier molecular flexibility index (Phi) is 15.0. The van der Waals surface area contributed by atoms with Gasteiger partial charge in [-0.2, -0.15) is 8.42 Å². The highest BCUT2D eigenvalue weighted by Crippen LogP contribution is 2.43. The Morgan fingerprint density at radius 3 is 1.46 bits per heavy atom. The summed E-state index contributed by atoms with van der Waals surface area (Å²) in [4.78, 5) is 0. The molecule has 48 heavy (non-hydrogen) atoms. The third-order valence-electron chi connectivity index (χ3n) is 9.06. The Morgan fingerprint density at radius 1 is 0.646 bits per heavy atom. The van der Waals surface area contributed by atoms with Crippen molar-refractivity contribution in [3.05, 3.63) is 130 Å². The number of rotatable bonds is 12. The molecule has 0 radical (unpaired) electrons. The van der Waals surface area contributed by atoms with Crippen LogP contribution in [0.15, 0.2) is 130 Å². The van der Waals surface area contributed by atoms with E-state index in [9.17, 15) is 23.7 Å². The van der Waals surface area contributed by atoms with Crippen LogP contribution in [-0.2, 0) is 14.6 Å². The van der Waals surface area contributed by atoms with Crippen LogP contribution in [0, 0.1) is 10.8 Å². The Bertz CT molecular complexity index is 1620. The fraction of sp³-hybridized carbons (Fsp3) is 0.450. The molecule has 7 nitrogen and oxygen atoms in total. The van der Waals surface area contributed by atoms with Crippen LogP contribution in [0.25, 0.3) is 0 Å². The SMILES string of the molecule is CC(C=CC=C(C)C=CC1=C(C)CC(O)C(O)C1(C)C)=CC=CC=C(C)C=CC=C(C)C=CC1=C(C)CC(OS(=O)(=O)O)C(O)C1(C)C. The molecule has 0 aromatic rings. The Balaban J connectivity index is 1.97. The molecular weight excluding hydrogens is 625 g/mol. The van der Waals surface area contributed by atoms with Gasteiger partial charge in [-0.25, -0.2) is 4.18 Å². The average molecular weight is 681 g/mol. The van der Waals surface area contributed by atoms with Crippen molar-refractivity contribution < 1.29 is 32.5 Å². The lowest BCUT2D eigenvalue weighted by atomic mass is 9.69. The second kappa shape index (κ2) is 17.5. The van der Waals surface area contributed by atoms with E-state index in [-0.39, 0.29) is 6.42 Å². The molecule has 0 saturated heterocycles. The standard InChI is InChI=1S/C40H56O7S/c1-27(17-13-19-29(3)21-23-33-31(5)25-35(41)37(42)39(33,7)8)15-11-12-16-28(2)18-14-20-30(4)22-24-34-32(6)26-36(47-48(44,45)46)38(43)40(34,9)10/h11-24,35-38,41-43H,25-26H2,1-10H3,(H,44,45,46). The van der Waals surface area contributed by atoms with Crippen molar-refractivity contribution >= 4 is 10.4 Å². The molecule has 0 spiro atoms. The van der Waals surface area contributed by atoms with Gasteiger partial charge < -0.3 is 15.3 Å². The molecular formula is C40H56O7S. The fourth-order valence-electron chi connectivity index (χ4n) is 6.15. The summed E-state index contributed by atoms with van der Waals surface area (Å²) in [5.74, 6) is 0. The normalized spacial score (nSPS) is 26.9. The first-order chi connectivity index (χ1) is 22.2. The third kappa shape index (κ3) is 12.1. The zero-order valence-corrected chi connectivity index (χ0v) is 31.0. The minimum absolute atomic E-state index is 0.196. The number of aliphatic hydroxyl groups is 3. The second-order valence-corrected chi connectivity index (χ2v) is 15.2. The Hall–Kier alpha value is -3.11. The van der Waals surface area contributed by atoms with E-state index >= 15 is 0 Å². The highest BCUT2D eigenvalue weighted by molar-refractivity contribution is 7.80. The van der Waals surface area contributed by atoms with Gasteiger partial charge in [-0.1, -0.05) is 146 Å². The second-order valence-electron chi connectivity index (χ2n) is 14.2. The van der Waals surface area contributed by atoms with Gasteiger partial charge in [0.1, 0.15) is 6.10 Å². The molecule has 4 atom stereocenters. The summed E-state index contributed by atoms with van der Waals surface area (Å²) in [7, 11) is -4.67. The average Bonchev–Trinajstić information content (AvgIpc) is 2.96. The highest BCUT2D eigenvalue weighted by Gasteiger charge is 2.43. The third-order valence-corrected chi connectivity index (χ3v) is 9.55. The van der Waals surface area contributed by atoms with Gasteiger partial charge in [0.05, 0.1) is 18.3 Å². The molecule has 0 saturated carbocycles. The van der Waals surface area contributed by atoms with Gasteiger partial charge in [0.25, 0.3) is 0 Å². The van der Waals surface area contributed by atoms with Gasteiger partial charge in [-0.15, -0.1) is 0 Å². The first-order valence-electron chi connectivity index (χ1n) is 16.3. The van der Waals surface area contributed by atoms with E-state index in [1.54, 1.807) is 0 Å². The summed E-state index contributed by atoms with van der Waals surface area (Å²) >= 11 is 0. The number of allylic oxidation sites excluding steroid dienone is 18. The van der Waals surface area contributed by atoms with Gasteiger partial charge in [-0.3, -0.25) is 4.55 Å². The predicted molar refractivity (Wildman–Crippen MR) is 197 cm³/mol. The number of hydrogen-bond acceptors (Lipinski definition) is 6. The highest BCUT2D eigenvalue weighted by atomic mass is 32.3. The quantitative estimate of drug-likeness (QED) is 0.121. The monoisotopic (exact) mass is 680 g/mol. The van der Waals surface area contributed by atoms with Crippen LogP contribution in [0.1, 0.15) is 82.1 Å². The summed E-state index contributed by atoms with van der Waals surface area (Å²) in [5.41, 5.74) is 6.97. The van der Waals surface area contributed by atoms with Gasteiger partial charge >= 0.3 is 10.4 Å². The molecule has 0 aromatic heterocycles. The zero-order valence-electron chi connectivity index (χ0n) is 30.2. The largest absolute Gasteiger partial charge is 0.397 e. The maximum Gasteiger partial charge on any atom is 0.397 e. The molecule has 0 heterocycles. The fourth-order valence-corrected chi connectivity index (χ4v) is 6.64. The molecule has 4 N–H and O–H groups in total. The molecule has 264 valence electrons. The van der Waals surface area contributed by atoms with Gasteiger partial charge in [0.2, 0.25) is 0 Å². The maximum atomic E-state index is 11.2. The Morgan fingerprint density at radius 2 is 1.02 bits per heavy atom. The molecule has 0 aromatic carbocycles. The Labute approximate surface area is 289 Å². The topological polar surface area (TPSA) is 124 Å². The summed E-state index contributed by atoms with van der Waals surface area (Å²) in [5, 5.41) is 31.3. The van der Waals surface area contributed by atoms with E-state index in [0.29, 0.717) is 6.42 Å². The minimum Gasteiger partial charge on any atom is -0.390 e. The van der Waals surface area contributed by atoms with E-state index in [2.05, 4.69) is 6.08 Å². The summed E-state index contributed by atoms with van der Waals surface area (Å²) in [6, 6.07) is 0. The first kappa shape index (κ1) is 41.1. The van der Waals surface area contributed by atoms with E-state index in [4.69, 9.17) is 8.74 Å². The van der Waals surface area contributed by atoms with E-state index in [1.165, 1.54) is 0 Å². The van der Waals surface area contributed by atoms with Crippen LogP contribution >= 0.6 is 0 Å². The smallest absolute Gasteiger partial charge is 0.390 e. The van der Waals surface area contributed by atoms with E-state index < -0.39 is 45.6 Å². The van der Waals surface area contributed by atoms with Gasteiger partial charge in [0, 0.05) is 10.8 Å². The molecule has 0 aliphatic heterocycles. The molecule has 2 rings (SSSR count). The van der Waals surface area contributed by atoms with Crippen LogP contribution < -0.4 is 0 Å². The van der Waals surface area contributed by atoms with E-state index in [1.807, 2.05) is 148 Å². The van der Waals surface area contributed by atoms with Crippen molar-refractivity contribution in [1.29, 1.82) is 0 Å². The molecule has 0 bridgehead atoms. The summed E-state index contributed by atoms with van der Waals surface area (Å²) in [6.07, 6.45) is 25.2. The minimum atomic E-state index is -4.67. The predicted octanol–water partition coefficient (Wildman–Crippen LogP) is 8.32. The lowest BCUT2D eigenvalue weighted by molar-refractivity contribution is -0.0439. The molecule has 2 aliphatic rings. The van der Waals surface area contributed by atoms with Crippen molar-refractivity contribution in [2.45, 2.75) is 106 Å². The molecule has 0 amide bonds. The van der Waals surface area contributed by atoms with Crippen molar-refractivity contribution in [2.24, 2.45) is 10.8 Å².